The molecule has 0 bridgehead atoms. The smallest absolute Gasteiger partial charge is 0.338 e. The second kappa shape index (κ2) is 9.81. The van der Waals surface area contributed by atoms with E-state index in [9.17, 15) is 24.0 Å². The molecule has 0 spiro atoms. The highest BCUT2D eigenvalue weighted by atomic mass is 16.5. The summed E-state index contributed by atoms with van der Waals surface area (Å²) in [4.78, 5) is 60.9. The number of hydrogen-bond acceptors (Lipinski definition) is 7. The van der Waals surface area contributed by atoms with Gasteiger partial charge in [0.15, 0.2) is 6.61 Å². The summed E-state index contributed by atoms with van der Waals surface area (Å²) in [5.41, 5.74) is 0.369. The number of amides is 3. The summed E-state index contributed by atoms with van der Waals surface area (Å²) in [6.45, 7) is 3.07. The monoisotopic (exact) mass is 404 g/mol. The Kier molecular flexibility index (Phi) is 7.46. The zero-order valence-corrected chi connectivity index (χ0v) is 16.6. The third-order valence-electron chi connectivity index (χ3n) is 4.71. The number of nitrogens with one attached hydrogen (secondary N) is 1. The Balaban J connectivity index is 1.99. The molecule has 9 heteroatoms. The van der Waals surface area contributed by atoms with Gasteiger partial charge in [-0.05, 0) is 24.1 Å². The molecule has 0 aromatic heterocycles. The highest BCUT2D eigenvalue weighted by Crippen LogP contribution is 2.23. The van der Waals surface area contributed by atoms with E-state index >= 15 is 0 Å². The van der Waals surface area contributed by atoms with Gasteiger partial charge >= 0.3 is 11.9 Å². The van der Waals surface area contributed by atoms with Gasteiger partial charge in [-0.1, -0.05) is 26.3 Å². The summed E-state index contributed by atoms with van der Waals surface area (Å²) >= 11 is 0. The molecule has 1 aliphatic heterocycles. The van der Waals surface area contributed by atoms with E-state index in [0.29, 0.717) is 6.42 Å². The van der Waals surface area contributed by atoms with Crippen LogP contribution in [0.2, 0.25) is 0 Å². The van der Waals surface area contributed by atoms with E-state index in [4.69, 9.17) is 4.74 Å². The van der Waals surface area contributed by atoms with Gasteiger partial charge in [0.2, 0.25) is 11.8 Å². The molecule has 0 radical (unpaired) electrons. The number of methoxy groups -OCH3 is 1. The number of carbonyl (C=O) groups excluding carboxylic acids is 5. The molecule has 1 heterocycles. The van der Waals surface area contributed by atoms with Crippen molar-refractivity contribution in [3.8, 4) is 0 Å². The van der Waals surface area contributed by atoms with Crippen LogP contribution < -0.4 is 10.2 Å². The van der Waals surface area contributed by atoms with E-state index in [1.165, 1.54) is 31.4 Å². The summed E-state index contributed by atoms with van der Waals surface area (Å²) in [7, 11) is 1.23. The van der Waals surface area contributed by atoms with Gasteiger partial charge in [0.1, 0.15) is 6.04 Å². The summed E-state index contributed by atoms with van der Waals surface area (Å²) in [6, 6.07) is 5.02. The number of rotatable bonds is 8. The van der Waals surface area contributed by atoms with Crippen molar-refractivity contribution in [3.05, 3.63) is 29.8 Å². The molecule has 1 N–H and O–H groups in total. The third kappa shape index (κ3) is 5.40. The first-order valence-electron chi connectivity index (χ1n) is 9.28. The van der Waals surface area contributed by atoms with Gasteiger partial charge in [0.05, 0.1) is 18.4 Å². The Morgan fingerprint density at radius 2 is 1.83 bits per heavy atom. The average molecular weight is 404 g/mol. The summed E-state index contributed by atoms with van der Waals surface area (Å²) in [6.07, 6.45) is 0.900. The molecule has 2 atom stereocenters. The number of imide groups is 1. The number of nitrogens with zero attached hydrogens (tertiary/aromatic N) is 1. The molecule has 29 heavy (non-hydrogen) atoms. The maximum Gasteiger partial charge on any atom is 0.338 e. The Morgan fingerprint density at radius 1 is 1.17 bits per heavy atom. The van der Waals surface area contributed by atoms with Crippen LogP contribution in [0, 0.1) is 5.92 Å². The van der Waals surface area contributed by atoms with Crippen LogP contribution in [0.4, 0.5) is 5.69 Å². The maximum absolute atomic E-state index is 12.3. The molecule has 2 rings (SSSR count). The van der Waals surface area contributed by atoms with Gasteiger partial charge in [0.25, 0.3) is 5.91 Å². The first-order chi connectivity index (χ1) is 13.8. The topological polar surface area (TPSA) is 119 Å². The predicted octanol–water partition coefficient (Wildman–Crippen LogP) is 1.20. The lowest BCUT2D eigenvalue weighted by Crippen LogP contribution is -2.47. The van der Waals surface area contributed by atoms with Gasteiger partial charge in [0, 0.05) is 12.8 Å². The SMILES string of the molecule is CC[C@H](C)[C@H](NC(=O)COC(=O)c1cccc(N2C(=O)CCC2=O)c1)C(=O)OC. The van der Waals surface area contributed by atoms with Crippen molar-refractivity contribution in [2.24, 2.45) is 5.92 Å². The zero-order chi connectivity index (χ0) is 21.6. The van der Waals surface area contributed by atoms with Crippen LogP contribution in [0.25, 0.3) is 0 Å². The highest BCUT2D eigenvalue weighted by molar-refractivity contribution is 6.20. The molecule has 1 aromatic rings. The van der Waals surface area contributed by atoms with Gasteiger partial charge in [-0.15, -0.1) is 0 Å². The fourth-order valence-corrected chi connectivity index (χ4v) is 2.86. The van der Waals surface area contributed by atoms with Gasteiger partial charge in [-0.3, -0.25) is 19.3 Å². The van der Waals surface area contributed by atoms with E-state index in [-0.39, 0.29) is 41.8 Å². The minimum absolute atomic E-state index is 0.0919. The second-order valence-corrected chi connectivity index (χ2v) is 6.70. The number of ether oxygens (including phenoxy) is 2. The fraction of sp³-hybridized carbons (Fsp3) is 0.450. The van der Waals surface area contributed by atoms with E-state index in [0.717, 1.165) is 4.90 Å². The summed E-state index contributed by atoms with van der Waals surface area (Å²) < 4.78 is 9.69. The van der Waals surface area contributed by atoms with Crippen molar-refractivity contribution in [1.82, 2.24) is 5.32 Å². The second-order valence-electron chi connectivity index (χ2n) is 6.70. The first kappa shape index (κ1) is 22.1. The van der Waals surface area contributed by atoms with Crippen LogP contribution in [-0.2, 0) is 28.7 Å². The van der Waals surface area contributed by atoms with Crippen molar-refractivity contribution in [2.75, 3.05) is 18.6 Å². The molecule has 0 saturated carbocycles. The minimum Gasteiger partial charge on any atom is -0.467 e. The molecule has 0 unspecified atom stereocenters. The highest BCUT2D eigenvalue weighted by Gasteiger charge is 2.31. The molecule has 1 aromatic carbocycles. The van der Waals surface area contributed by atoms with Crippen molar-refractivity contribution < 1.29 is 33.4 Å². The largest absolute Gasteiger partial charge is 0.467 e. The molecular weight excluding hydrogens is 380 g/mol. The van der Waals surface area contributed by atoms with Crippen LogP contribution in [0.5, 0.6) is 0 Å². The Hall–Kier alpha value is -3.23. The Labute approximate surface area is 168 Å². The molecule has 0 aliphatic carbocycles. The Bertz CT molecular complexity index is 805. The lowest BCUT2D eigenvalue weighted by Gasteiger charge is -2.21. The van der Waals surface area contributed by atoms with Crippen molar-refractivity contribution in [2.45, 2.75) is 39.2 Å². The third-order valence-corrected chi connectivity index (χ3v) is 4.71. The van der Waals surface area contributed by atoms with E-state index < -0.39 is 30.5 Å². The van der Waals surface area contributed by atoms with E-state index in [1.807, 2.05) is 6.92 Å². The summed E-state index contributed by atoms with van der Waals surface area (Å²) in [5, 5.41) is 2.50. The molecular formula is C20H24N2O7. The van der Waals surface area contributed by atoms with Gasteiger partial charge in [-0.25, -0.2) is 9.59 Å². The zero-order valence-electron chi connectivity index (χ0n) is 16.6. The molecule has 156 valence electrons. The summed E-state index contributed by atoms with van der Waals surface area (Å²) in [5.74, 6) is -2.84. The minimum atomic E-state index is -0.841. The van der Waals surface area contributed by atoms with Gasteiger partial charge < -0.3 is 14.8 Å². The van der Waals surface area contributed by atoms with Gasteiger partial charge in [-0.2, -0.15) is 0 Å². The van der Waals surface area contributed by atoms with Crippen LogP contribution in [0.3, 0.4) is 0 Å². The van der Waals surface area contributed by atoms with Crippen LogP contribution >= 0.6 is 0 Å². The van der Waals surface area contributed by atoms with Crippen LogP contribution in [-0.4, -0.2) is 49.4 Å². The molecule has 1 saturated heterocycles. The van der Waals surface area contributed by atoms with Crippen molar-refractivity contribution in [3.63, 3.8) is 0 Å². The van der Waals surface area contributed by atoms with Crippen LogP contribution in [0.1, 0.15) is 43.5 Å². The molecule has 3 amide bonds. The standard InChI is InChI=1S/C20H24N2O7/c1-4-12(2)18(20(27)28-3)21-15(23)11-29-19(26)13-6-5-7-14(10-13)22-16(24)8-9-17(22)25/h5-7,10,12,18H,4,8-9,11H2,1-3H3,(H,21,23)/t12-,18-/m0/s1. The van der Waals surface area contributed by atoms with Crippen LogP contribution in [0.15, 0.2) is 24.3 Å². The average Bonchev–Trinajstić information content (AvgIpc) is 3.07. The first-order valence-corrected chi connectivity index (χ1v) is 9.28. The lowest BCUT2D eigenvalue weighted by atomic mass is 9.99. The number of benzene rings is 1. The fourth-order valence-electron chi connectivity index (χ4n) is 2.86. The predicted molar refractivity (Wildman–Crippen MR) is 102 cm³/mol. The maximum atomic E-state index is 12.3. The van der Waals surface area contributed by atoms with Crippen molar-refractivity contribution >= 4 is 35.3 Å². The quantitative estimate of drug-likeness (QED) is 0.511. The number of hydrogen-bond donors (Lipinski definition) is 1. The molecule has 1 aliphatic rings. The lowest BCUT2D eigenvalue weighted by molar-refractivity contribution is -0.147. The molecule has 9 nitrogen and oxygen atoms in total. The number of esters is 2. The van der Waals surface area contributed by atoms with E-state index in [1.54, 1.807) is 6.92 Å². The normalized spacial score (nSPS) is 15.6. The van der Waals surface area contributed by atoms with E-state index in [2.05, 4.69) is 10.1 Å². The number of anilines is 1. The van der Waals surface area contributed by atoms with Crippen molar-refractivity contribution in [1.29, 1.82) is 0 Å². The number of carbonyl (C=O) groups is 5. The molecule has 1 fully saturated rings. The Morgan fingerprint density at radius 3 is 2.41 bits per heavy atom.